The zero-order chi connectivity index (χ0) is 21.0. The highest BCUT2D eigenvalue weighted by Gasteiger charge is 2.30. The molecule has 2 aromatic rings. The monoisotopic (exact) mass is 419 g/mol. The van der Waals surface area contributed by atoms with Crippen LogP contribution in [0.2, 0.25) is 5.02 Å². The van der Waals surface area contributed by atoms with E-state index in [-0.39, 0.29) is 17.6 Å². The number of nitrogens with one attached hydrogen (secondary N) is 2. The molecular weight excluding hydrogens is 396 g/mol. The van der Waals surface area contributed by atoms with E-state index in [0.717, 1.165) is 36.8 Å². The van der Waals surface area contributed by atoms with Gasteiger partial charge in [-0.15, -0.1) is 0 Å². The Labute approximate surface area is 174 Å². The van der Waals surface area contributed by atoms with Crippen LogP contribution in [0.1, 0.15) is 6.92 Å². The maximum atomic E-state index is 12.8. The number of quaternary nitrogens is 1. The van der Waals surface area contributed by atoms with E-state index in [2.05, 4.69) is 10.2 Å². The van der Waals surface area contributed by atoms with Gasteiger partial charge in [0, 0.05) is 22.8 Å². The van der Waals surface area contributed by atoms with Crippen LogP contribution in [0.3, 0.4) is 0 Å². The van der Waals surface area contributed by atoms with E-state index in [0.29, 0.717) is 16.5 Å². The van der Waals surface area contributed by atoms with Crippen LogP contribution in [0.15, 0.2) is 42.5 Å². The molecule has 1 fully saturated rings. The summed E-state index contributed by atoms with van der Waals surface area (Å²) in [7, 11) is 1.46. The van der Waals surface area contributed by atoms with E-state index in [4.69, 9.17) is 16.3 Å². The number of nitro benzene ring substituents is 1. The first kappa shape index (κ1) is 20.9. The van der Waals surface area contributed by atoms with Gasteiger partial charge in [0.2, 0.25) is 0 Å². The average molecular weight is 420 g/mol. The molecule has 9 heteroatoms. The minimum absolute atomic E-state index is 0.101. The highest BCUT2D eigenvalue weighted by atomic mass is 35.5. The number of non-ortho nitro benzene ring substituents is 1. The molecule has 1 aliphatic heterocycles. The Bertz CT molecular complexity index is 900. The van der Waals surface area contributed by atoms with Crippen molar-refractivity contribution in [2.24, 2.45) is 0 Å². The SMILES string of the molecule is COc1ccc([N+](=O)[O-])cc1NC(=O)[C@@H](C)[NH+]1CCN(c2cccc(Cl)c2)CC1. The highest BCUT2D eigenvalue weighted by Crippen LogP contribution is 2.28. The zero-order valence-corrected chi connectivity index (χ0v) is 17.1. The van der Waals surface area contributed by atoms with Gasteiger partial charge in [0.25, 0.3) is 11.6 Å². The molecule has 0 aromatic heterocycles. The van der Waals surface area contributed by atoms with Crippen LogP contribution < -0.4 is 19.9 Å². The van der Waals surface area contributed by atoms with Gasteiger partial charge < -0.3 is 19.9 Å². The van der Waals surface area contributed by atoms with E-state index in [9.17, 15) is 14.9 Å². The molecule has 0 bridgehead atoms. The van der Waals surface area contributed by atoms with E-state index in [1.807, 2.05) is 31.2 Å². The maximum Gasteiger partial charge on any atom is 0.282 e. The first-order chi connectivity index (χ1) is 13.9. The van der Waals surface area contributed by atoms with Crippen LogP contribution in [-0.2, 0) is 4.79 Å². The molecule has 0 saturated carbocycles. The van der Waals surface area contributed by atoms with Gasteiger partial charge in [0.05, 0.1) is 43.9 Å². The van der Waals surface area contributed by atoms with Gasteiger partial charge in [0.15, 0.2) is 6.04 Å². The molecule has 2 aromatic carbocycles. The average Bonchev–Trinajstić information content (AvgIpc) is 2.73. The number of methoxy groups -OCH3 is 1. The lowest BCUT2D eigenvalue weighted by atomic mass is 10.2. The summed E-state index contributed by atoms with van der Waals surface area (Å²) in [5, 5.41) is 14.5. The number of carbonyl (C=O) groups is 1. The summed E-state index contributed by atoms with van der Waals surface area (Å²) in [5.74, 6) is 0.187. The fraction of sp³-hybridized carbons (Fsp3) is 0.350. The molecule has 29 heavy (non-hydrogen) atoms. The molecule has 1 amide bonds. The number of piperazine rings is 1. The first-order valence-corrected chi connectivity index (χ1v) is 9.75. The minimum atomic E-state index is -0.501. The second kappa shape index (κ2) is 9.11. The lowest BCUT2D eigenvalue weighted by Gasteiger charge is -2.36. The number of amides is 1. The Hall–Kier alpha value is -2.84. The number of carbonyl (C=O) groups excluding carboxylic acids is 1. The lowest BCUT2D eigenvalue weighted by molar-refractivity contribution is -0.914. The minimum Gasteiger partial charge on any atom is -0.495 e. The molecular formula is C20H24ClN4O4+. The van der Waals surface area contributed by atoms with Gasteiger partial charge >= 0.3 is 0 Å². The fourth-order valence-electron chi connectivity index (χ4n) is 3.49. The normalized spacial score (nSPS) is 15.6. The molecule has 8 nitrogen and oxygen atoms in total. The van der Waals surface area contributed by atoms with E-state index in [1.165, 1.54) is 25.3 Å². The molecule has 1 heterocycles. The van der Waals surface area contributed by atoms with Crippen molar-refractivity contribution in [3.63, 3.8) is 0 Å². The van der Waals surface area contributed by atoms with Gasteiger partial charge in [-0.1, -0.05) is 17.7 Å². The number of rotatable bonds is 6. The predicted octanol–water partition coefficient (Wildman–Crippen LogP) is 1.99. The van der Waals surface area contributed by atoms with Crippen LogP contribution in [0.4, 0.5) is 17.1 Å². The van der Waals surface area contributed by atoms with Crippen molar-refractivity contribution in [2.75, 3.05) is 43.5 Å². The van der Waals surface area contributed by atoms with Crippen LogP contribution in [-0.4, -0.2) is 50.2 Å². The number of nitrogens with zero attached hydrogens (tertiary/aromatic N) is 2. The Morgan fingerprint density at radius 2 is 2.00 bits per heavy atom. The molecule has 0 unspecified atom stereocenters. The predicted molar refractivity (Wildman–Crippen MR) is 112 cm³/mol. The Kier molecular flexibility index (Phi) is 6.56. The number of hydrogen-bond acceptors (Lipinski definition) is 5. The largest absolute Gasteiger partial charge is 0.495 e. The fourth-order valence-corrected chi connectivity index (χ4v) is 3.68. The van der Waals surface area contributed by atoms with Crippen LogP contribution in [0.5, 0.6) is 5.75 Å². The Morgan fingerprint density at radius 3 is 2.62 bits per heavy atom. The number of anilines is 2. The van der Waals surface area contributed by atoms with Crippen molar-refractivity contribution in [3.05, 3.63) is 57.6 Å². The van der Waals surface area contributed by atoms with E-state index in [1.54, 1.807) is 0 Å². The van der Waals surface area contributed by atoms with Crippen LogP contribution in [0, 0.1) is 10.1 Å². The molecule has 1 atom stereocenters. The number of ether oxygens (including phenoxy) is 1. The third kappa shape index (κ3) is 4.96. The summed E-state index contributed by atoms with van der Waals surface area (Å²) >= 11 is 6.08. The summed E-state index contributed by atoms with van der Waals surface area (Å²) in [4.78, 5) is 26.7. The molecule has 3 rings (SSSR count). The zero-order valence-electron chi connectivity index (χ0n) is 16.4. The van der Waals surface area contributed by atoms with Crippen molar-refractivity contribution in [1.82, 2.24) is 0 Å². The van der Waals surface area contributed by atoms with Crippen molar-refractivity contribution in [2.45, 2.75) is 13.0 Å². The Morgan fingerprint density at radius 1 is 1.28 bits per heavy atom. The molecule has 1 aliphatic rings. The second-order valence-corrected chi connectivity index (χ2v) is 7.41. The molecule has 0 spiro atoms. The van der Waals surface area contributed by atoms with E-state index < -0.39 is 4.92 Å². The summed E-state index contributed by atoms with van der Waals surface area (Å²) in [5.41, 5.74) is 1.28. The molecule has 0 radical (unpaired) electrons. The maximum absolute atomic E-state index is 12.8. The van der Waals surface area contributed by atoms with Gasteiger partial charge in [-0.25, -0.2) is 0 Å². The number of halogens is 1. The van der Waals surface area contributed by atoms with Crippen molar-refractivity contribution < 1.29 is 19.4 Å². The van der Waals surface area contributed by atoms with Gasteiger partial charge in [0.1, 0.15) is 5.75 Å². The van der Waals surface area contributed by atoms with Gasteiger partial charge in [-0.2, -0.15) is 0 Å². The summed E-state index contributed by atoms with van der Waals surface area (Å²) < 4.78 is 5.22. The summed E-state index contributed by atoms with van der Waals surface area (Å²) in [6.07, 6.45) is 0. The molecule has 1 saturated heterocycles. The van der Waals surface area contributed by atoms with Crippen molar-refractivity contribution >= 4 is 34.6 Å². The first-order valence-electron chi connectivity index (χ1n) is 9.37. The third-order valence-electron chi connectivity index (χ3n) is 5.24. The van der Waals surface area contributed by atoms with Crippen molar-refractivity contribution in [1.29, 1.82) is 0 Å². The second-order valence-electron chi connectivity index (χ2n) is 6.98. The molecule has 154 valence electrons. The highest BCUT2D eigenvalue weighted by molar-refractivity contribution is 6.30. The lowest BCUT2D eigenvalue weighted by Crippen LogP contribution is -3.19. The quantitative estimate of drug-likeness (QED) is 0.552. The number of benzene rings is 2. The Balaban J connectivity index is 1.63. The molecule has 0 aliphatic carbocycles. The smallest absolute Gasteiger partial charge is 0.282 e. The summed E-state index contributed by atoms with van der Waals surface area (Å²) in [6.45, 7) is 5.09. The van der Waals surface area contributed by atoms with E-state index >= 15 is 0 Å². The summed E-state index contributed by atoms with van der Waals surface area (Å²) in [6, 6.07) is 11.6. The standard InChI is InChI=1S/C20H23ClN4O4/c1-14(20(26)22-18-13-17(25(27)28)6-7-19(18)29-2)23-8-10-24(11-9-23)16-5-3-4-15(21)12-16/h3-7,12-14H,8-11H2,1-2H3,(H,22,26)/p+1/t14-/m1/s1. The van der Waals surface area contributed by atoms with Crippen LogP contribution >= 0.6 is 11.6 Å². The number of hydrogen-bond donors (Lipinski definition) is 2. The topological polar surface area (TPSA) is 89.1 Å². The third-order valence-corrected chi connectivity index (χ3v) is 5.47. The molecule has 2 N–H and O–H groups in total. The number of nitro groups is 1. The van der Waals surface area contributed by atoms with Crippen molar-refractivity contribution in [3.8, 4) is 5.75 Å². The van der Waals surface area contributed by atoms with Gasteiger partial charge in [-0.3, -0.25) is 14.9 Å². The van der Waals surface area contributed by atoms with Gasteiger partial charge in [-0.05, 0) is 31.2 Å². The van der Waals surface area contributed by atoms with Crippen LogP contribution in [0.25, 0.3) is 0 Å².